The van der Waals surface area contributed by atoms with Crippen molar-refractivity contribution in [2.45, 2.75) is 56.9 Å². The summed E-state index contributed by atoms with van der Waals surface area (Å²) in [7, 11) is 0. The Morgan fingerprint density at radius 1 is 1.02 bits per heavy atom. The molecule has 2 aliphatic carbocycles. The van der Waals surface area contributed by atoms with Gasteiger partial charge in [0.15, 0.2) is 5.78 Å². The molecule has 0 aliphatic heterocycles. The van der Waals surface area contributed by atoms with Crippen molar-refractivity contribution in [1.29, 1.82) is 0 Å². The van der Waals surface area contributed by atoms with Gasteiger partial charge in [0.2, 0.25) is 0 Å². The number of rotatable bonds is 10. The third kappa shape index (κ3) is 5.80. The number of hydrogen-bond donors (Lipinski definition) is 1. The van der Waals surface area contributed by atoms with E-state index < -0.39 is 35.7 Å². The van der Waals surface area contributed by atoms with Crippen LogP contribution in [-0.2, 0) is 24.2 Å². The minimum Gasteiger partial charge on any atom is -0.366 e. The molecule has 4 aromatic rings. The molecule has 0 bridgehead atoms. The summed E-state index contributed by atoms with van der Waals surface area (Å²) in [6.45, 7) is -0.239. The van der Waals surface area contributed by atoms with Gasteiger partial charge in [-0.1, -0.05) is 12.1 Å². The number of halogens is 5. The molecule has 6 nitrogen and oxygen atoms in total. The lowest BCUT2D eigenvalue weighted by Gasteiger charge is -2.20. The first kappa shape index (κ1) is 28.7. The largest absolute Gasteiger partial charge is 0.366 e. The molecule has 222 valence electrons. The minimum atomic E-state index is -2.76. The molecule has 2 aromatic heterocycles. The van der Waals surface area contributed by atoms with Crippen LogP contribution in [0.15, 0.2) is 54.7 Å². The van der Waals surface area contributed by atoms with Crippen molar-refractivity contribution in [3.63, 3.8) is 0 Å². The molecule has 6 rings (SSSR count). The molecule has 0 spiro atoms. The van der Waals surface area contributed by atoms with Crippen LogP contribution in [-0.4, -0.2) is 26.5 Å². The molecule has 0 saturated heterocycles. The quantitative estimate of drug-likeness (QED) is 0.214. The number of Topliss-reactive ketones (excluding diaryl/α,β-unsaturated/α-hetero) is 1. The highest BCUT2D eigenvalue weighted by Crippen LogP contribution is 2.55. The SMILES string of the molecule is NC(=O)c1cc(-c2cccnc2C(CC(=O)Cn2nc(C(F)F)c3c2C2CC2CC3)Cc2cc(F)cc(F)c2)ccc1F. The van der Waals surface area contributed by atoms with Crippen LogP contribution in [0.3, 0.4) is 0 Å². The number of carbonyl (C=O) groups is 2. The van der Waals surface area contributed by atoms with E-state index in [0.717, 1.165) is 37.1 Å². The van der Waals surface area contributed by atoms with Crippen molar-refractivity contribution < 1.29 is 31.5 Å². The summed E-state index contributed by atoms with van der Waals surface area (Å²) in [5.41, 5.74) is 7.49. The lowest BCUT2D eigenvalue weighted by molar-refractivity contribution is -0.120. The fourth-order valence-electron chi connectivity index (χ4n) is 6.38. The number of nitrogens with zero attached hydrogens (tertiary/aromatic N) is 3. The maximum Gasteiger partial charge on any atom is 0.282 e. The number of aromatic nitrogens is 3. The van der Waals surface area contributed by atoms with Gasteiger partial charge < -0.3 is 5.73 Å². The van der Waals surface area contributed by atoms with E-state index in [4.69, 9.17) is 5.73 Å². The van der Waals surface area contributed by atoms with Gasteiger partial charge in [-0.3, -0.25) is 19.3 Å². The van der Waals surface area contributed by atoms with Crippen molar-refractivity contribution in [3.05, 3.63) is 106 Å². The van der Waals surface area contributed by atoms with Crippen LogP contribution in [0, 0.1) is 23.4 Å². The van der Waals surface area contributed by atoms with Crippen molar-refractivity contribution in [2.24, 2.45) is 11.7 Å². The molecule has 2 aliphatic rings. The third-order valence-electron chi connectivity index (χ3n) is 8.34. The Kier molecular flexibility index (Phi) is 7.57. The van der Waals surface area contributed by atoms with Crippen LogP contribution in [0.25, 0.3) is 11.1 Å². The zero-order chi connectivity index (χ0) is 30.4. The van der Waals surface area contributed by atoms with Crippen LogP contribution >= 0.6 is 0 Å². The third-order valence-corrected chi connectivity index (χ3v) is 8.34. The molecule has 3 unspecified atom stereocenters. The number of pyridine rings is 1. The van der Waals surface area contributed by atoms with Crippen molar-refractivity contribution >= 4 is 11.7 Å². The van der Waals surface area contributed by atoms with Crippen LogP contribution in [0.1, 0.15) is 76.1 Å². The Hall–Kier alpha value is -4.41. The molecule has 1 fully saturated rings. The lowest BCUT2D eigenvalue weighted by Crippen LogP contribution is -2.19. The van der Waals surface area contributed by atoms with E-state index in [-0.39, 0.29) is 47.9 Å². The van der Waals surface area contributed by atoms with Crippen molar-refractivity contribution in [3.8, 4) is 11.1 Å². The predicted molar refractivity (Wildman–Crippen MR) is 147 cm³/mol. The van der Waals surface area contributed by atoms with E-state index in [1.54, 1.807) is 12.1 Å². The molecule has 2 heterocycles. The number of ketones is 1. The molecule has 1 saturated carbocycles. The Labute approximate surface area is 243 Å². The van der Waals surface area contributed by atoms with E-state index in [9.17, 15) is 31.5 Å². The second-order valence-electron chi connectivity index (χ2n) is 11.3. The highest BCUT2D eigenvalue weighted by atomic mass is 19.3. The molecular formula is C32H27F5N4O2. The highest BCUT2D eigenvalue weighted by molar-refractivity contribution is 5.94. The van der Waals surface area contributed by atoms with Crippen LogP contribution < -0.4 is 5.73 Å². The Bertz CT molecular complexity index is 1720. The Balaban J connectivity index is 1.36. The number of fused-ring (bicyclic) bond motifs is 3. The van der Waals surface area contributed by atoms with Crippen LogP contribution in [0.2, 0.25) is 0 Å². The number of alkyl halides is 2. The summed E-state index contributed by atoms with van der Waals surface area (Å²) in [5, 5.41) is 4.15. The zero-order valence-corrected chi connectivity index (χ0v) is 22.9. The minimum absolute atomic E-state index is 0.0124. The van der Waals surface area contributed by atoms with Gasteiger partial charge >= 0.3 is 0 Å². The van der Waals surface area contributed by atoms with Gasteiger partial charge in [-0.2, -0.15) is 5.10 Å². The van der Waals surface area contributed by atoms with Crippen LogP contribution in [0.4, 0.5) is 22.0 Å². The maximum atomic E-state index is 14.3. The normalized spacial score (nSPS) is 17.8. The topological polar surface area (TPSA) is 90.9 Å². The summed E-state index contributed by atoms with van der Waals surface area (Å²) >= 11 is 0. The molecule has 11 heteroatoms. The van der Waals surface area contributed by atoms with E-state index in [1.807, 2.05) is 0 Å². The molecule has 2 aromatic carbocycles. The predicted octanol–water partition coefficient (Wildman–Crippen LogP) is 6.43. The summed E-state index contributed by atoms with van der Waals surface area (Å²) in [4.78, 5) is 29.9. The molecule has 3 atom stereocenters. The van der Waals surface area contributed by atoms with Crippen molar-refractivity contribution in [2.75, 3.05) is 0 Å². The average Bonchev–Trinajstić information content (AvgIpc) is 3.65. The smallest absolute Gasteiger partial charge is 0.282 e. The first-order valence-corrected chi connectivity index (χ1v) is 14.0. The first-order chi connectivity index (χ1) is 20.6. The fourth-order valence-corrected chi connectivity index (χ4v) is 6.38. The second-order valence-corrected chi connectivity index (χ2v) is 11.3. The van der Waals surface area contributed by atoms with E-state index >= 15 is 0 Å². The van der Waals surface area contributed by atoms with E-state index in [2.05, 4.69) is 10.1 Å². The van der Waals surface area contributed by atoms with Gasteiger partial charge in [0.05, 0.1) is 17.8 Å². The summed E-state index contributed by atoms with van der Waals surface area (Å²) < 4.78 is 71.5. The lowest BCUT2D eigenvalue weighted by atomic mass is 9.86. The number of carbonyl (C=O) groups excluding carboxylic acids is 2. The maximum absolute atomic E-state index is 14.3. The monoisotopic (exact) mass is 594 g/mol. The molecule has 1 amide bonds. The summed E-state index contributed by atoms with van der Waals surface area (Å²) in [5.74, 6) is -3.85. The van der Waals surface area contributed by atoms with Gasteiger partial charge in [0.1, 0.15) is 23.1 Å². The number of benzene rings is 2. The van der Waals surface area contributed by atoms with E-state index in [0.29, 0.717) is 40.4 Å². The zero-order valence-electron chi connectivity index (χ0n) is 22.9. The average molecular weight is 595 g/mol. The number of primary amides is 1. The molecular weight excluding hydrogens is 567 g/mol. The fraction of sp³-hybridized carbons (Fsp3) is 0.312. The van der Waals surface area contributed by atoms with Gasteiger partial charge in [0.25, 0.3) is 12.3 Å². The number of nitrogens with two attached hydrogens (primary N) is 1. The van der Waals surface area contributed by atoms with Gasteiger partial charge in [-0.05, 0) is 73.1 Å². The Morgan fingerprint density at radius 3 is 2.51 bits per heavy atom. The van der Waals surface area contributed by atoms with Gasteiger partial charge in [-0.25, -0.2) is 22.0 Å². The van der Waals surface area contributed by atoms with Gasteiger partial charge in [-0.15, -0.1) is 0 Å². The highest BCUT2D eigenvalue weighted by Gasteiger charge is 2.46. The van der Waals surface area contributed by atoms with Crippen LogP contribution in [0.5, 0.6) is 0 Å². The number of amides is 1. The molecule has 2 N–H and O–H groups in total. The standard InChI is InChI=1S/C32H27F5N4O2/c33-20-9-16(10-21(34)14-20)8-19(28-23(2-1-7-39-28)17-4-6-27(35)26(13-17)32(38)43)11-22(42)15-41-30-24(29(40-41)31(36)37)5-3-18-12-25(18)30/h1-2,4,6-7,9-10,13-14,18-19,25,31H,3,5,8,11-12,15H2,(H2,38,43). The second kappa shape index (κ2) is 11.3. The van der Waals surface area contributed by atoms with Gasteiger partial charge in [0, 0.05) is 47.3 Å². The first-order valence-electron chi connectivity index (χ1n) is 14.0. The summed E-state index contributed by atoms with van der Waals surface area (Å²) in [6.07, 6.45) is 0.802. The number of hydrogen-bond acceptors (Lipinski definition) is 4. The van der Waals surface area contributed by atoms with E-state index in [1.165, 1.54) is 23.0 Å². The molecule has 43 heavy (non-hydrogen) atoms. The van der Waals surface area contributed by atoms with Crippen molar-refractivity contribution in [1.82, 2.24) is 14.8 Å². The Morgan fingerprint density at radius 2 is 1.79 bits per heavy atom. The molecule has 0 radical (unpaired) electrons. The summed E-state index contributed by atoms with van der Waals surface area (Å²) in [6, 6.07) is 10.2.